The summed E-state index contributed by atoms with van der Waals surface area (Å²) >= 11 is 1.25. The number of nitrogens with zero attached hydrogens (tertiary/aromatic N) is 7. The number of thioether (sulfide) groups is 1. The number of nitrogens with one attached hydrogen (secondary N) is 3. The molecule has 4 aromatic rings. The van der Waals surface area contributed by atoms with Gasteiger partial charge in [0.1, 0.15) is 6.33 Å². The first-order valence-corrected chi connectivity index (χ1v) is 10.1. The maximum absolute atomic E-state index is 12.4. The second-order valence-corrected chi connectivity index (χ2v) is 6.92. The molecule has 3 N–H and O–H groups in total. The summed E-state index contributed by atoms with van der Waals surface area (Å²) in [5.74, 6) is 1.42. The molecule has 11 nitrogen and oxygen atoms in total. The summed E-state index contributed by atoms with van der Waals surface area (Å²) in [6.07, 6.45) is 1.58. The van der Waals surface area contributed by atoms with Crippen LogP contribution in [0.25, 0.3) is 16.8 Å². The highest BCUT2D eigenvalue weighted by atomic mass is 32.2. The van der Waals surface area contributed by atoms with Crippen molar-refractivity contribution in [2.75, 3.05) is 34.9 Å². The smallest absolute Gasteiger partial charge is 0.261 e. The van der Waals surface area contributed by atoms with Crippen LogP contribution in [-0.4, -0.2) is 59.0 Å². The van der Waals surface area contributed by atoms with Crippen molar-refractivity contribution in [1.29, 1.82) is 0 Å². The summed E-state index contributed by atoms with van der Waals surface area (Å²) in [4.78, 5) is 25.5. The van der Waals surface area contributed by atoms with Gasteiger partial charge in [-0.05, 0) is 26.0 Å². The minimum atomic E-state index is -0.190. The number of fused-ring (bicyclic) bond motifs is 2. The standard InChI is InChI=1S/C17H20N10OS/c1-3-18-14-21-15(19-4-2)27-16(22-14)23-24-17(27)29-9-13(28)25-26-10-20-11-7-5-6-8-12(11)26/h5-8,10H,3-4,9H2,1-2H3,(H,25,28)(H2,18,19,21,22,23). The number of amides is 1. The van der Waals surface area contributed by atoms with Crippen molar-refractivity contribution in [1.82, 2.24) is 34.2 Å². The van der Waals surface area contributed by atoms with Gasteiger partial charge in [-0.2, -0.15) is 9.97 Å². The lowest BCUT2D eigenvalue weighted by atomic mass is 10.3. The van der Waals surface area contributed by atoms with E-state index in [1.807, 2.05) is 38.1 Å². The normalized spacial score (nSPS) is 11.1. The molecule has 3 heterocycles. The van der Waals surface area contributed by atoms with E-state index >= 15 is 0 Å². The number of rotatable bonds is 8. The van der Waals surface area contributed by atoms with Crippen LogP contribution >= 0.6 is 11.8 Å². The zero-order valence-electron chi connectivity index (χ0n) is 16.0. The first-order chi connectivity index (χ1) is 14.2. The van der Waals surface area contributed by atoms with Crippen molar-refractivity contribution in [3.63, 3.8) is 0 Å². The van der Waals surface area contributed by atoms with Crippen molar-refractivity contribution in [3.8, 4) is 0 Å². The monoisotopic (exact) mass is 412 g/mol. The highest BCUT2D eigenvalue weighted by Crippen LogP contribution is 2.21. The molecule has 1 aromatic carbocycles. The fourth-order valence-corrected chi connectivity index (χ4v) is 3.46. The highest BCUT2D eigenvalue weighted by Gasteiger charge is 2.16. The Labute approximate surface area is 170 Å². The van der Waals surface area contributed by atoms with Crippen LogP contribution in [0.3, 0.4) is 0 Å². The number of aromatic nitrogens is 7. The van der Waals surface area contributed by atoms with Gasteiger partial charge in [0.25, 0.3) is 5.78 Å². The molecule has 0 aliphatic carbocycles. The average Bonchev–Trinajstić information content (AvgIpc) is 3.31. The number of hydrogen-bond donors (Lipinski definition) is 3. The molecule has 0 saturated heterocycles. The van der Waals surface area contributed by atoms with Gasteiger partial charge < -0.3 is 10.6 Å². The van der Waals surface area contributed by atoms with Crippen LogP contribution in [0.2, 0.25) is 0 Å². The quantitative estimate of drug-likeness (QED) is 0.370. The Bertz CT molecular complexity index is 1150. The third kappa shape index (κ3) is 3.92. The maximum atomic E-state index is 12.4. The lowest BCUT2D eigenvalue weighted by molar-refractivity contribution is -0.114. The summed E-state index contributed by atoms with van der Waals surface area (Å²) in [5.41, 5.74) is 4.46. The topological polar surface area (TPSA) is 127 Å². The molecule has 0 aliphatic rings. The summed E-state index contributed by atoms with van der Waals surface area (Å²) in [7, 11) is 0. The Hall–Kier alpha value is -3.41. The molecular formula is C17H20N10OS. The molecule has 150 valence electrons. The van der Waals surface area contributed by atoms with Gasteiger partial charge in [-0.25, -0.2) is 14.1 Å². The lowest BCUT2D eigenvalue weighted by Crippen LogP contribution is -2.23. The number of benzene rings is 1. The predicted molar refractivity (Wildman–Crippen MR) is 112 cm³/mol. The predicted octanol–water partition coefficient (Wildman–Crippen LogP) is 1.59. The summed E-state index contributed by atoms with van der Waals surface area (Å²) in [6, 6.07) is 7.58. The van der Waals surface area contributed by atoms with Crippen LogP contribution in [0, 0.1) is 0 Å². The molecule has 0 atom stereocenters. The molecule has 12 heteroatoms. The Balaban J connectivity index is 1.51. The molecule has 0 aliphatic heterocycles. The Kier molecular flexibility index (Phi) is 5.42. The number of imidazole rings is 1. The second kappa shape index (κ2) is 8.31. The number of para-hydroxylation sites is 2. The first-order valence-electron chi connectivity index (χ1n) is 9.15. The zero-order chi connectivity index (χ0) is 20.2. The highest BCUT2D eigenvalue weighted by molar-refractivity contribution is 7.99. The van der Waals surface area contributed by atoms with E-state index in [9.17, 15) is 4.79 Å². The van der Waals surface area contributed by atoms with Gasteiger partial charge in [0.2, 0.25) is 17.8 Å². The molecule has 0 bridgehead atoms. The van der Waals surface area contributed by atoms with Crippen molar-refractivity contribution in [2.45, 2.75) is 19.0 Å². The molecule has 0 spiro atoms. The average molecular weight is 412 g/mol. The van der Waals surface area contributed by atoms with E-state index in [2.05, 4.69) is 41.2 Å². The molecule has 3 aromatic heterocycles. The van der Waals surface area contributed by atoms with Gasteiger partial charge >= 0.3 is 0 Å². The van der Waals surface area contributed by atoms with Crippen LogP contribution < -0.4 is 16.1 Å². The molecule has 0 unspecified atom stereocenters. The first kappa shape index (κ1) is 18.9. The molecule has 29 heavy (non-hydrogen) atoms. The summed E-state index contributed by atoms with van der Waals surface area (Å²) in [6.45, 7) is 5.31. The van der Waals surface area contributed by atoms with Gasteiger partial charge in [0, 0.05) is 13.1 Å². The minimum Gasteiger partial charge on any atom is -0.355 e. The summed E-state index contributed by atoms with van der Waals surface area (Å²) in [5, 5.41) is 15.1. The van der Waals surface area contributed by atoms with E-state index in [1.165, 1.54) is 11.8 Å². The van der Waals surface area contributed by atoms with Crippen LogP contribution in [0.4, 0.5) is 11.9 Å². The van der Waals surface area contributed by atoms with E-state index < -0.39 is 0 Å². The molecule has 0 saturated carbocycles. The van der Waals surface area contributed by atoms with Gasteiger partial charge in [-0.3, -0.25) is 10.2 Å². The lowest BCUT2D eigenvalue weighted by Gasteiger charge is -2.10. The Morgan fingerprint density at radius 1 is 1.10 bits per heavy atom. The largest absolute Gasteiger partial charge is 0.355 e. The van der Waals surface area contributed by atoms with Crippen molar-refractivity contribution in [2.24, 2.45) is 0 Å². The fourth-order valence-electron chi connectivity index (χ4n) is 2.74. The van der Waals surface area contributed by atoms with Gasteiger partial charge in [0.05, 0.1) is 16.8 Å². The van der Waals surface area contributed by atoms with Crippen LogP contribution in [0.5, 0.6) is 0 Å². The van der Waals surface area contributed by atoms with E-state index in [-0.39, 0.29) is 11.7 Å². The maximum Gasteiger partial charge on any atom is 0.261 e. The summed E-state index contributed by atoms with van der Waals surface area (Å²) < 4.78 is 3.31. The van der Waals surface area contributed by atoms with E-state index in [1.54, 1.807) is 15.4 Å². The van der Waals surface area contributed by atoms with Gasteiger partial charge in [-0.1, -0.05) is 23.9 Å². The second-order valence-electron chi connectivity index (χ2n) is 5.98. The van der Waals surface area contributed by atoms with Crippen LogP contribution in [-0.2, 0) is 4.79 Å². The number of anilines is 2. The number of carbonyl (C=O) groups is 1. The molecule has 0 radical (unpaired) electrons. The number of carbonyl (C=O) groups excluding carboxylic acids is 1. The van der Waals surface area contributed by atoms with Crippen molar-refractivity contribution >= 4 is 46.4 Å². The zero-order valence-corrected chi connectivity index (χ0v) is 16.8. The third-order valence-corrected chi connectivity index (χ3v) is 4.88. The number of hydrogen-bond acceptors (Lipinski definition) is 9. The molecule has 4 rings (SSSR count). The van der Waals surface area contributed by atoms with Crippen LogP contribution in [0.15, 0.2) is 35.7 Å². The van der Waals surface area contributed by atoms with E-state index in [0.29, 0.717) is 35.9 Å². The molecule has 1 amide bonds. The van der Waals surface area contributed by atoms with Crippen molar-refractivity contribution in [3.05, 3.63) is 30.6 Å². The van der Waals surface area contributed by atoms with E-state index in [4.69, 9.17) is 0 Å². The van der Waals surface area contributed by atoms with Gasteiger partial charge in [0.15, 0.2) is 5.16 Å². The third-order valence-electron chi connectivity index (χ3n) is 3.95. The molecular weight excluding hydrogens is 392 g/mol. The van der Waals surface area contributed by atoms with E-state index in [0.717, 1.165) is 11.0 Å². The fraction of sp³-hybridized carbons (Fsp3) is 0.294. The SMILES string of the molecule is CCNc1nc(NCC)n2c(SCC(=O)Nn3cnc4ccccc43)nnc2n1. The van der Waals surface area contributed by atoms with Crippen LogP contribution in [0.1, 0.15) is 13.8 Å². The Morgan fingerprint density at radius 2 is 1.93 bits per heavy atom. The molecule has 0 fully saturated rings. The minimum absolute atomic E-state index is 0.147. The van der Waals surface area contributed by atoms with Crippen molar-refractivity contribution < 1.29 is 4.79 Å². The van der Waals surface area contributed by atoms with Gasteiger partial charge in [-0.15, -0.1) is 10.2 Å². The Morgan fingerprint density at radius 3 is 2.76 bits per heavy atom.